The highest BCUT2D eigenvalue weighted by Gasteiger charge is 2.18. The maximum Gasteiger partial charge on any atom is 0.0178 e. The average molecular weight is 366 g/mol. The summed E-state index contributed by atoms with van der Waals surface area (Å²) in [6.07, 6.45) is 4.95. The predicted octanol–water partition coefficient (Wildman–Crippen LogP) is 2.53. The van der Waals surface area contributed by atoms with Gasteiger partial charge in [-0.15, -0.1) is 0 Å². The van der Waals surface area contributed by atoms with Gasteiger partial charge in [0.2, 0.25) is 0 Å². The molecule has 0 saturated carbocycles. The Labute approximate surface area is 143 Å². The second kappa shape index (κ2) is 7.91. The summed E-state index contributed by atoms with van der Waals surface area (Å²) in [6, 6.07) is 7.42. The number of benzene rings is 1. The molecule has 1 atom stereocenters. The van der Waals surface area contributed by atoms with E-state index in [1.54, 1.807) is 0 Å². The Balaban J connectivity index is 1.35. The van der Waals surface area contributed by atoms with Crippen LogP contribution in [0, 0.1) is 0 Å². The molecule has 3 nitrogen and oxygen atoms in total. The normalized spacial score (nSPS) is 23.5. The van der Waals surface area contributed by atoms with Gasteiger partial charge < -0.3 is 15.1 Å². The second-order valence-corrected chi connectivity index (χ2v) is 7.72. The van der Waals surface area contributed by atoms with E-state index in [0.29, 0.717) is 6.04 Å². The summed E-state index contributed by atoms with van der Waals surface area (Å²) in [6.45, 7) is 7.33. The van der Waals surface area contributed by atoms with E-state index in [-0.39, 0.29) is 0 Å². The van der Waals surface area contributed by atoms with E-state index in [4.69, 9.17) is 0 Å². The van der Waals surface area contributed by atoms with Crippen LogP contribution in [0.4, 0.5) is 0 Å². The van der Waals surface area contributed by atoms with Gasteiger partial charge in [-0.1, -0.05) is 22.0 Å². The van der Waals surface area contributed by atoms with E-state index in [1.165, 1.54) is 74.0 Å². The molecular formula is C18H28BrN3. The minimum Gasteiger partial charge on any atom is -0.314 e. The van der Waals surface area contributed by atoms with E-state index in [2.05, 4.69) is 56.3 Å². The minimum absolute atomic E-state index is 0.668. The topological polar surface area (TPSA) is 18.5 Å². The molecule has 0 unspecified atom stereocenters. The zero-order valence-electron chi connectivity index (χ0n) is 13.7. The fraction of sp³-hybridized carbons (Fsp3) is 0.667. The molecule has 0 aromatic heterocycles. The SMILES string of the molecule is CN1CCN(CCCN[C@H]2CCc3cc(Br)ccc3C2)CC1. The maximum absolute atomic E-state index is 3.78. The number of hydrogen-bond acceptors (Lipinski definition) is 3. The summed E-state index contributed by atoms with van der Waals surface area (Å²) in [7, 11) is 2.22. The van der Waals surface area contributed by atoms with E-state index < -0.39 is 0 Å². The van der Waals surface area contributed by atoms with Crippen LogP contribution in [-0.4, -0.2) is 62.2 Å². The van der Waals surface area contributed by atoms with Crippen molar-refractivity contribution in [2.45, 2.75) is 31.7 Å². The Morgan fingerprint density at radius 3 is 2.82 bits per heavy atom. The Kier molecular flexibility index (Phi) is 5.91. The number of nitrogens with one attached hydrogen (secondary N) is 1. The molecule has 1 aromatic carbocycles. The number of fused-ring (bicyclic) bond motifs is 1. The number of rotatable bonds is 5. The van der Waals surface area contributed by atoms with Crippen molar-refractivity contribution < 1.29 is 0 Å². The largest absolute Gasteiger partial charge is 0.314 e. The third-order valence-electron chi connectivity index (χ3n) is 5.08. The first-order valence-corrected chi connectivity index (χ1v) is 9.41. The summed E-state index contributed by atoms with van der Waals surface area (Å²) in [5, 5.41) is 3.78. The van der Waals surface area contributed by atoms with E-state index in [0.717, 1.165) is 6.54 Å². The lowest BCUT2D eigenvalue weighted by Gasteiger charge is -2.32. The van der Waals surface area contributed by atoms with Crippen LogP contribution in [-0.2, 0) is 12.8 Å². The van der Waals surface area contributed by atoms with Crippen molar-refractivity contribution in [1.29, 1.82) is 0 Å². The third-order valence-corrected chi connectivity index (χ3v) is 5.57. The summed E-state index contributed by atoms with van der Waals surface area (Å²) < 4.78 is 1.21. The highest BCUT2D eigenvalue weighted by atomic mass is 79.9. The maximum atomic E-state index is 3.78. The summed E-state index contributed by atoms with van der Waals surface area (Å²) in [4.78, 5) is 5.03. The standard InChI is InChI=1S/C18H28BrN3/c1-21-9-11-22(12-10-21)8-2-7-20-18-6-4-15-13-17(19)5-3-16(15)14-18/h3,5,13,18,20H,2,4,6-12,14H2,1H3/t18-/m0/s1. The van der Waals surface area contributed by atoms with Crippen molar-refractivity contribution in [2.75, 3.05) is 46.3 Å². The van der Waals surface area contributed by atoms with Gasteiger partial charge in [-0.2, -0.15) is 0 Å². The molecule has 22 heavy (non-hydrogen) atoms. The number of piperazine rings is 1. The highest BCUT2D eigenvalue weighted by molar-refractivity contribution is 9.10. The second-order valence-electron chi connectivity index (χ2n) is 6.81. The van der Waals surface area contributed by atoms with Crippen molar-refractivity contribution in [3.05, 3.63) is 33.8 Å². The van der Waals surface area contributed by atoms with Crippen LogP contribution in [0.1, 0.15) is 24.0 Å². The third kappa shape index (κ3) is 4.54. The highest BCUT2D eigenvalue weighted by Crippen LogP contribution is 2.24. The van der Waals surface area contributed by atoms with Crippen LogP contribution in [0.5, 0.6) is 0 Å². The van der Waals surface area contributed by atoms with Crippen molar-refractivity contribution in [2.24, 2.45) is 0 Å². The van der Waals surface area contributed by atoms with Gasteiger partial charge >= 0.3 is 0 Å². The van der Waals surface area contributed by atoms with Crippen LogP contribution in [0.15, 0.2) is 22.7 Å². The van der Waals surface area contributed by atoms with Crippen molar-refractivity contribution in [1.82, 2.24) is 15.1 Å². The molecule has 1 saturated heterocycles. The Morgan fingerprint density at radius 1 is 1.18 bits per heavy atom. The van der Waals surface area contributed by atoms with Gasteiger partial charge in [-0.3, -0.25) is 0 Å². The Bertz CT molecular complexity index is 483. The van der Waals surface area contributed by atoms with Crippen LogP contribution in [0.2, 0.25) is 0 Å². The van der Waals surface area contributed by atoms with Crippen LogP contribution in [0.25, 0.3) is 0 Å². The molecule has 1 aliphatic carbocycles. The number of halogens is 1. The predicted molar refractivity (Wildman–Crippen MR) is 96.5 cm³/mol. The van der Waals surface area contributed by atoms with Gasteiger partial charge in [-0.05, 0) is 69.1 Å². The van der Waals surface area contributed by atoms with E-state index in [1.807, 2.05) is 0 Å². The Morgan fingerprint density at radius 2 is 2.00 bits per heavy atom. The quantitative estimate of drug-likeness (QED) is 0.808. The summed E-state index contributed by atoms with van der Waals surface area (Å²) in [5.74, 6) is 0. The molecule has 1 N–H and O–H groups in total. The molecule has 122 valence electrons. The molecule has 4 heteroatoms. The van der Waals surface area contributed by atoms with Crippen molar-refractivity contribution >= 4 is 15.9 Å². The van der Waals surface area contributed by atoms with Gasteiger partial charge in [0.05, 0.1) is 0 Å². The lowest BCUT2D eigenvalue weighted by molar-refractivity contribution is 0.152. The van der Waals surface area contributed by atoms with E-state index >= 15 is 0 Å². The number of nitrogens with zero attached hydrogens (tertiary/aromatic N) is 2. The van der Waals surface area contributed by atoms with Gasteiger partial charge in [0.1, 0.15) is 0 Å². The molecule has 0 amide bonds. The fourth-order valence-corrected chi connectivity index (χ4v) is 3.99. The van der Waals surface area contributed by atoms with Crippen LogP contribution >= 0.6 is 15.9 Å². The molecule has 1 fully saturated rings. The van der Waals surface area contributed by atoms with E-state index in [9.17, 15) is 0 Å². The van der Waals surface area contributed by atoms with Gasteiger partial charge in [-0.25, -0.2) is 0 Å². The monoisotopic (exact) mass is 365 g/mol. The van der Waals surface area contributed by atoms with Crippen LogP contribution in [0.3, 0.4) is 0 Å². The first kappa shape index (κ1) is 16.4. The lowest BCUT2D eigenvalue weighted by Crippen LogP contribution is -2.45. The smallest absolute Gasteiger partial charge is 0.0178 e. The molecule has 1 heterocycles. The molecule has 0 spiro atoms. The Hall–Kier alpha value is -0.420. The fourth-order valence-electron chi connectivity index (χ4n) is 3.58. The van der Waals surface area contributed by atoms with Crippen molar-refractivity contribution in [3.63, 3.8) is 0 Å². The molecule has 2 aliphatic rings. The van der Waals surface area contributed by atoms with Crippen LogP contribution < -0.4 is 5.32 Å². The minimum atomic E-state index is 0.668. The van der Waals surface area contributed by atoms with Gasteiger partial charge in [0, 0.05) is 36.7 Å². The first-order chi connectivity index (χ1) is 10.7. The molecule has 0 bridgehead atoms. The number of hydrogen-bond donors (Lipinski definition) is 1. The summed E-state index contributed by atoms with van der Waals surface area (Å²) in [5.41, 5.74) is 3.07. The summed E-state index contributed by atoms with van der Waals surface area (Å²) >= 11 is 3.57. The van der Waals surface area contributed by atoms with Gasteiger partial charge in [0.25, 0.3) is 0 Å². The number of aryl methyl sites for hydroxylation is 1. The zero-order chi connectivity index (χ0) is 15.4. The lowest BCUT2D eigenvalue weighted by atomic mass is 9.88. The zero-order valence-corrected chi connectivity index (χ0v) is 15.2. The van der Waals surface area contributed by atoms with Gasteiger partial charge in [0.15, 0.2) is 0 Å². The first-order valence-electron chi connectivity index (χ1n) is 8.62. The molecule has 1 aromatic rings. The molecule has 0 radical (unpaired) electrons. The average Bonchev–Trinajstić information content (AvgIpc) is 2.53. The number of likely N-dealkylation sites (N-methyl/N-ethyl adjacent to an activating group) is 1. The molecular weight excluding hydrogens is 338 g/mol. The molecule has 1 aliphatic heterocycles. The molecule has 3 rings (SSSR count). The van der Waals surface area contributed by atoms with Crippen molar-refractivity contribution in [3.8, 4) is 0 Å².